The average molecular weight is 403 g/mol. The number of rotatable bonds is 3. The number of halogens is 1. The molecule has 0 bridgehead atoms. The maximum Gasteiger partial charge on any atom is 0.353 e. The van der Waals surface area contributed by atoms with Crippen molar-refractivity contribution in [2.45, 2.75) is 25.4 Å². The van der Waals surface area contributed by atoms with E-state index in [1.54, 1.807) is 0 Å². The van der Waals surface area contributed by atoms with E-state index in [1.807, 2.05) is 30.3 Å². The summed E-state index contributed by atoms with van der Waals surface area (Å²) in [6.45, 7) is 1.61. The Morgan fingerprint density at radius 3 is 2.76 bits per heavy atom. The van der Waals surface area contributed by atoms with Crippen LogP contribution in [0, 0.1) is 0 Å². The molecular formula is C17H19BrN6O. The number of nitrogens with zero attached hydrogens (tertiary/aromatic N) is 5. The molecule has 2 aromatic heterocycles. The minimum absolute atomic E-state index is 0.146. The summed E-state index contributed by atoms with van der Waals surface area (Å²) in [6.07, 6.45) is 2.22. The van der Waals surface area contributed by atoms with Gasteiger partial charge in [-0.15, -0.1) is 5.10 Å². The fraction of sp³-hybridized carbons (Fsp3) is 0.353. The van der Waals surface area contributed by atoms with Crippen LogP contribution in [0.2, 0.25) is 0 Å². The van der Waals surface area contributed by atoms with Crippen molar-refractivity contribution in [1.82, 2.24) is 24.1 Å². The molecule has 130 valence electrons. The Morgan fingerprint density at radius 1 is 1.32 bits per heavy atom. The highest BCUT2D eigenvalue weighted by Crippen LogP contribution is 2.30. The summed E-state index contributed by atoms with van der Waals surface area (Å²) in [7, 11) is 2.08. The molecule has 1 aliphatic rings. The molecule has 8 heteroatoms. The van der Waals surface area contributed by atoms with Crippen molar-refractivity contribution in [3.05, 3.63) is 45.3 Å². The summed E-state index contributed by atoms with van der Waals surface area (Å²) in [4.78, 5) is 19.4. The van der Waals surface area contributed by atoms with Crippen LogP contribution in [0.3, 0.4) is 0 Å². The first-order valence-corrected chi connectivity index (χ1v) is 9.06. The van der Waals surface area contributed by atoms with Crippen LogP contribution in [0.5, 0.6) is 0 Å². The predicted octanol–water partition coefficient (Wildman–Crippen LogP) is 2.00. The molecule has 25 heavy (non-hydrogen) atoms. The number of benzene rings is 1. The average Bonchev–Trinajstić information content (AvgIpc) is 3.17. The molecule has 1 fully saturated rings. The number of anilines is 1. The Hall–Kier alpha value is -2.19. The smallest absolute Gasteiger partial charge is 0.353 e. The summed E-state index contributed by atoms with van der Waals surface area (Å²) in [6, 6.07) is 10.0. The van der Waals surface area contributed by atoms with E-state index in [0.29, 0.717) is 28.4 Å². The van der Waals surface area contributed by atoms with Crippen LogP contribution in [0.1, 0.15) is 12.8 Å². The fourth-order valence-electron chi connectivity index (χ4n) is 3.39. The van der Waals surface area contributed by atoms with E-state index >= 15 is 0 Å². The molecule has 1 atom stereocenters. The third-order valence-electron chi connectivity index (χ3n) is 4.80. The Kier molecular flexibility index (Phi) is 4.09. The van der Waals surface area contributed by atoms with Crippen molar-refractivity contribution < 1.29 is 0 Å². The van der Waals surface area contributed by atoms with E-state index in [1.165, 1.54) is 9.08 Å². The summed E-state index contributed by atoms with van der Waals surface area (Å²) >= 11 is 3.56. The SMILES string of the molecule is CN1CCC[C@H]1Cn1nc2c(Br)c(-c3ccccc3)nc(N)n2c1=O. The molecule has 1 aliphatic heterocycles. The van der Waals surface area contributed by atoms with E-state index in [4.69, 9.17) is 5.73 Å². The van der Waals surface area contributed by atoms with Crippen molar-refractivity contribution in [3.8, 4) is 11.3 Å². The minimum Gasteiger partial charge on any atom is -0.369 e. The molecule has 4 rings (SSSR count). The third-order valence-corrected chi connectivity index (χ3v) is 5.53. The highest BCUT2D eigenvalue weighted by Gasteiger charge is 2.24. The molecule has 1 saturated heterocycles. The third kappa shape index (κ3) is 2.75. The Bertz CT molecular complexity index is 980. The van der Waals surface area contributed by atoms with Gasteiger partial charge in [0.25, 0.3) is 0 Å². The van der Waals surface area contributed by atoms with Crippen LogP contribution < -0.4 is 11.4 Å². The lowest BCUT2D eigenvalue weighted by Crippen LogP contribution is -2.34. The predicted molar refractivity (Wildman–Crippen MR) is 100 cm³/mol. The normalized spacial score (nSPS) is 18.2. The number of fused-ring (bicyclic) bond motifs is 1. The van der Waals surface area contributed by atoms with E-state index in [9.17, 15) is 4.79 Å². The molecule has 0 radical (unpaired) electrons. The first-order chi connectivity index (χ1) is 12.1. The van der Waals surface area contributed by atoms with Crippen LogP contribution in [0.25, 0.3) is 16.9 Å². The van der Waals surface area contributed by atoms with Gasteiger partial charge in [-0.2, -0.15) is 0 Å². The number of likely N-dealkylation sites (N-methyl/N-ethyl adjacent to an activating group) is 1. The van der Waals surface area contributed by atoms with Crippen molar-refractivity contribution in [1.29, 1.82) is 0 Å². The highest BCUT2D eigenvalue weighted by atomic mass is 79.9. The molecule has 2 N–H and O–H groups in total. The number of nitrogens with two attached hydrogens (primary N) is 1. The number of hydrogen-bond donors (Lipinski definition) is 1. The molecule has 7 nitrogen and oxygen atoms in total. The van der Waals surface area contributed by atoms with Crippen molar-refractivity contribution in [3.63, 3.8) is 0 Å². The summed E-state index contributed by atoms with van der Waals surface area (Å²) in [5, 5.41) is 4.53. The van der Waals surface area contributed by atoms with Crippen LogP contribution in [0.4, 0.5) is 5.95 Å². The number of hydrogen-bond acceptors (Lipinski definition) is 5. The van der Waals surface area contributed by atoms with Crippen LogP contribution >= 0.6 is 15.9 Å². The van der Waals surface area contributed by atoms with Crippen molar-refractivity contribution >= 4 is 27.5 Å². The van der Waals surface area contributed by atoms with E-state index in [2.05, 4.69) is 38.0 Å². The van der Waals surface area contributed by atoms with Gasteiger partial charge in [-0.3, -0.25) is 0 Å². The molecule has 0 aliphatic carbocycles. The van der Waals surface area contributed by atoms with E-state index in [0.717, 1.165) is 24.9 Å². The van der Waals surface area contributed by atoms with Gasteiger partial charge in [0.1, 0.15) is 0 Å². The molecule has 0 amide bonds. The fourth-order valence-corrected chi connectivity index (χ4v) is 3.97. The van der Waals surface area contributed by atoms with Crippen LogP contribution in [-0.4, -0.2) is 43.7 Å². The standard InChI is InChI=1S/C17H19BrN6O/c1-22-9-5-8-12(22)10-23-17(25)24-15(21-23)13(18)14(20-16(24)19)11-6-3-2-4-7-11/h2-4,6-7,12H,5,8-10H2,1H3,(H2,19,20)/t12-/m0/s1. The lowest BCUT2D eigenvalue weighted by Gasteiger charge is -2.18. The van der Waals surface area contributed by atoms with Gasteiger partial charge in [0.05, 0.1) is 16.7 Å². The monoisotopic (exact) mass is 402 g/mol. The zero-order valence-electron chi connectivity index (χ0n) is 13.9. The molecule has 1 aromatic carbocycles. The lowest BCUT2D eigenvalue weighted by molar-refractivity contribution is 0.272. The second-order valence-corrected chi connectivity index (χ2v) is 7.19. The second-order valence-electron chi connectivity index (χ2n) is 6.40. The Labute approximate surface area is 153 Å². The van der Waals surface area contributed by atoms with Gasteiger partial charge in [0, 0.05) is 11.6 Å². The first-order valence-electron chi connectivity index (χ1n) is 8.26. The molecule has 0 spiro atoms. The molecule has 0 saturated carbocycles. The number of likely N-dealkylation sites (tertiary alicyclic amines) is 1. The first kappa shape index (κ1) is 16.3. The summed E-state index contributed by atoms with van der Waals surface area (Å²) in [5.41, 5.74) is 7.93. The quantitative estimate of drug-likeness (QED) is 0.724. The van der Waals surface area contributed by atoms with Gasteiger partial charge in [0.2, 0.25) is 5.95 Å². The Balaban J connectivity index is 1.84. The van der Waals surface area contributed by atoms with Gasteiger partial charge < -0.3 is 10.6 Å². The van der Waals surface area contributed by atoms with Crippen LogP contribution in [-0.2, 0) is 6.54 Å². The van der Waals surface area contributed by atoms with Gasteiger partial charge in [-0.25, -0.2) is 18.9 Å². The highest BCUT2D eigenvalue weighted by molar-refractivity contribution is 9.10. The minimum atomic E-state index is -0.249. The van der Waals surface area contributed by atoms with E-state index < -0.39 is 0 Å². The van der Waals surface area contributed by atoms with Gasteiger partial charge in [-0.05, 0) is 42.4 Å². The molecule has 3 aromatic rings. The summed E-state index contributed by atoms with van der Waals surface area (Å²) in [5.74, 6) is 0.146. The summed E-state index contributed by atoms with van der Waals surface area (Å²) < 4.78 is 3.54. The van der Waals surface area contributed by atoms with Crippen molar-refractivity contribution in [2.24, 2.45) is 0 Å². The largest absolute Gasteiger partial charge is 0.369 e. The molecule has 3 heterocycles. The van der Waals surface area contributed by atoms with Gasteiger partial charge in [0.15, 0.2) is 5.65 Å². The molecular weight excluding hydrogens is 384 g/mol. The maximum atomic E-state index is 12.7. The number of nitrogen functional groups attached to an aromatic ring is 1. The van der Waals surface area contributed by atoms with E-state index in [-0.39, 0.29) is 11.6 Å². The van der Waals surface area contributed by atoms with Crippen LogP contribution in [0.15, 0.2) is 39.6 Å². The molecule has 0 unspecified atom stereocenters. The zero-order valence-corrected chi connectivity index (χ0v) is 15.5. The van der Waals surface area contributed by atoms with Gasteiger partial charge in [-0.1, -0.05) is 30.3 Å². The second kappa shape index (κ2) is 6.27. The van der Waals surface area contributed by atoms with Gasteiger partial charge >= 0.3 is 5.69 Å². The number of aromatic nitrogens is 4. The topological polar surface area (TPSA) is 81.4 Å². The maximum absolute atomic E-state index is 12.7. The van der Waals surface area contributed by atoms with Crippen molar-refractivity contribution in [2.75, 3.05) is 19.3 Å². The zero-order chi connectivity index (χ0) is 17.6. The lowest BCUT2D eigenvalue weighted by atomic mass is 10.1. The Morgan fingerprint density at radius 2 is 2.08 bits per heavy atom.